The van der Waals surface area contributed by atoms with E-state index < -0.39 is 32.8 Å². The number of amides is 1. The maximum Gasteiger partial charge on any atom is 0.305 e. The maximum atomic E-state index is 11.8. The van der Waals surface area contributed by atoms with Gasteiger partial charge in [-0.3, -0.25) is 25.0 Å². The highest BCUT2D eigenvalue weighted by atomic mass is 35.5. The lowest BCUT2D eigenvalue weighted by atomic mass is 10.2. The predicted molar refractivity (Wildman–Crippen MR) is 138 cm³/mol. The van der Waals surface area contributed by atoms with E-state index in [1.54, 1.807) is 13.2 Å². The van der Waals surface area contributed by atoms with Crippen LogP contribution in [-0.4, -0.2) is 69.6 Å². The number of halogens is 1. The molecule has 2 rings (SSSR count). The summed E-state index contributed by atoms with van der Waals surface area (Å²) in [6.45, 7) is 3.39. The fourth-order valence-electron chi connectivity index (χ4n) is 2.95. The van der Waals surface area contributed by atoms with Crippen molar-refractivity contribution < 1.29 is 33.6 Å². The molecule has 1 amide bonds. The quantitative estimate of drug-likeness (QED) is 0.128. The van der Waals surface area contributed by atoms with E-state index in [0.717, 1.165) is 12.1 Å². The fraction of sp³-hybridized carbons (Fsp3) is 0.409. The third kappa shape index (κ3) is 9.19. The van der Waals surface area contributed by atoms with E-state index in [0.29, 0.717) is 37.8 Å². The highest BCUT2D eigenvalue weighted by Gasteiger charge is 2.24. The van der Waals surface area contributed by atoms with Crippen LogP contribution in [0, 0.1) is 20.2 Å². The standard InChI is InChI=1S/C22H27ClN6O9/c1-14(30)25-17-12-19(24-4-5-37-8-6-35-2)21(38-9-7-36-3)13-18(17)26-27-22-16(23)10-15(28(31)32)11-20(22)29(33)34/h10-13,24H,4-9H2,1-3H3,(H,25,30). The van der Waals surface area contributed by atoms with E-state index in [9.17, 15) is 25.0 Å². The monoisotopic (exact) mass is 554 g/mol. The first-order valence-corrected chi connectivity index (χ1v) is 11.5. The van der Waals surface area contributed by atoms with Gasteiger partial charge in [-0.2, -0.15) is 0 Å². The van der Waals surface area contributed by atoms with Crippen LogP contribution in [-0.2, 0) is 19.0 Å². The van der Waals surface area contributed by atoms with Crippen molar-refractivity contribution in [2.75, 3.05) is 64.4 Å². The largest absolute Gasteiger partial charge is 0.489 e. The molecule has 2 aromatic rings. The normalized spacial score (nSPS) is 10.9. The van der Waals surface area contributed by atoms with Crippen molar-refractivity contribution >= 4 is 51.6 Å². The van der Waals surface area contributed by atoms with Gasteiger partial charge in [0.2, 0.25) is 5.91 Å². The zero-order valence-electron chi connectivity index (χ0n) is 20.9. The number of nitro benzene ring substituents is 2. The number of hydrogen-bond acceptors (Lipinski definition) is 12. The molecule has 0 saturated heterocycles. The minimum absolute atomic E-state index is 0.0817. The van der Waals surface area contributed by atoms with Gasteiger partial charge in [0.25, 0.3) is 5.69 Å². The number of anilines is 2. The van der Waals surface area contributed by atoms with Crippen LogP contribution < -0.4 is 15.4 Å². The summed E-state index contributed by atoms with van der Waals surface area (Å²) in [5.74, 6) is -0.0889. The van der Waals surface area contributed by atoms with E-state index in [1.807, 2.05) is 0 Å². The summed E-state index contributed by atoms with van der Waals surface area (Å²) in [6.07, 6.45) is 0. The van der Waals surface area contributed by atoms with Gasteiger partial charge >= 0.3 is 5.69 Å². The van der Waals surface area contributed by atoms with E-state index >= 15 is 0 Å². The molecule has 0 spiro atoms. The molecule has 0 radical (unpaired) electrons. The van der Waals surface area contributed by atoms with Crippen molar-refractivity contribution in [2.45, 2.75) is 6.92 Å². The average molecular weight is 555 g/mol. The SMILES string of the molecule is COCCOCCNc1cc(NC(C)=O)c(N=Nc2c(Cl)cc([N+](=O)[O-])cc2[N+](=O)[O-])cc1OCCOC. The number of nitrogens with zero attached hydrogens (tertiary/aromatic N) is 4. The topological polar surface area (TPSA) is 189 Å². The molecule has 206 valence electrons. The second kappa shape index (κ2) is 15.4. The van der Waals surface area contributed by atoms with Crippen LogP contribution in [0.2, 0.25) is 5.02 Å². The number of rotatable bonds is 16. The molecule has 2 aromatic carbocycles. The van der Waals surface area contributed by atoms with Crippen molar-refractivity contribution in [2.24, 2.45) is 10.2 Å². The maximum absolute atomic E-state index is 11.8. The summed E-state index contributed by atoms with van der Waals surface area (Å²) in [5.41, 5.74) is -0.888. The number of carbonyl (C=O) groups excluding carboxylic acids is 1. The van der Waals surface area contributed by atoms with E-state index in [1.165, 1.54) is 20.1 Å². The third-order valence-corrected chi connectivity index (χ3v) is 4.93. The van der Waals surface area contributed by atoms with Gasteiger partial charge in [-0.1, -0.05) is 11.6 Å². The van der Waals surface area contributed by atoms with Crippen LogP contribution in [0.1, 0.15) is 6.92 Å². The number of ether oxygens (including phenoxy) is 4. The van der Waals surface area contributed by atoms with E-state index in [2.05, 4.69) is 20.9 Å². The molecule has 0 heterocycles. The molecule has 15 nitrogen and oxygen atoms in total. The molecular weight excluding hydrogens is 528 g/mol. The Labute approximate surface area is 222 Å². The average Bonchev–Trinajstić information content (AvgIpc) is 2.86. The Morgan fingerprint density at radius 1 is 0.947 bits per heavy atom. The second-order valence-electron chi connectivity index (χ2n) is 7.43. The molecule has 0 saturated carbocycles. The van der Waals surface area contributed by atoms with Gasteiger partial charge in [-0.05, 0) is 6.07 Å². The van der Waals surface area contributed by atoms with Gasteiger partial charge in [0, 0.05) is 39.8 Å². The van der Waals surface area contributed by atoms with Gasteiger partial charge in [-0.25, -0.2) is 0 Å². The van der Waals surface area contributed by atoms with Crippen LogP contribution in [0.4, 0.5) is 34.1 Å². The third-order valence-electron chi connectivity index (χ3n) is 4.64. The number of benzene rings is 2. The summed E-state index contributed by atoms with van der Waals surface area (Å²) in [4.78, 5) is 32.8. The van der Waals surface area contributed by atoms with Crippen LogP contribution >= 0.6 is 11.6 Å². The molecular formula is C22H27ClN6O9. The summed E-state index contributed by atoms with van der Waals surface area (Å²) < 4.78 is 21.2. The number of carbonyl (C=O) groups is 1. The molecule has 0 fully saturated rings. The number of nitro groups is 2. The molecule has 0 bridgehead atoms. The highest BCUT2D eigenvalue weighted by Crippen LogP contribution is 2.42. The number of nitrogens with one attached hydrogen (secondary N) is 2. The van der Waals surface area contributed by atoms with Crippen LogP contribution in [0.25, 0.3) is 0 Å². The molecule has 0 aliphatic carbocycles. The van der Waals surface area contributed by atoms with Crippen molar-refractivity contribution in [3.63, 3.8) is 0 Å². The zero-order valence-corrected chi connectivity index (χ0v) is 21.6. The molecule has 2 N–H and O–H groups in total. The minimum atomic E-state index is -0.858. The van der Waals surface area contributed by atoms with Crippen molar-refractivity contribution in [3.05, 3.63) is 49.5 Å². The number of non-ortho nitro benzene ring substituents is 1. The van der Waals surface area contributed by atoms with Crippen LogP contribution in [0.15, 0.2) is 34.5 Å². The van der Waals surface area contributed by atoms with Gasteiger partial charge in [0.15, 0.2) is 5.69 Å². The van der Waals surface area contributed by atoms with Crippen molar-refractivity contribution in [1.82, 2.24) is 0 Å². The molecule has 38 heavy (non-hydrogen) atoms. The Kier molecular flexibility index (Phi) is 12.2. The van der Waals surface area contributed by atoms with Gasteiger partial charge in [0.05, 0.1) is 58.7 Å². The lowest BCUT2D eigenvalue weighted by Gasteiger charge is -2.16. The summed E-state index contributed by atoms with van der Waals surface area (Å²) in [6, 6.07) is 4.68. The molecule has 0 aromatic heterocycles. The van der Waals surface area contributed by atoms with Crippen LogP contribution in [0.3, 0.4) is 0 Å². The molecule has 16 heteroatoms. The lowest BCUT2D eigenvalue weighted by Crippen LogP contribution is -2.14. The number of hydrogen-bond donors (Lipinski definition) is 2. The van der Waals surface area contributed by atoms with Crippen molar-refractivity contribution in [1.29, 1.82) is 0 Å². The first-order valence-electron chi connectivity index (χ1n) is 11.1. The number of azo groups is 1. The Morgan fingerprint density at radius 2 is 1.66 bits per heavy atom. The van der Waals surface area contributed by atoms with E-state index in [-0.39, 0.29) is 29.6 Å². The first-order chi connectivity index (χ1) is 18.2. The zero-order chi connectivity index (χ0) is 28.1. The Hall–Kier alpha value is -3.92. The van der Waals surface area contributed by atoms with E-state index in [4.69, 9.17) is 30.5 Å². The second-order valence-corrected chi connectivity index (χ2v) is 7.84. The Bertz CT molecular complexity index is 1180. The smallest absolute Gasteiger partial charge is 0.305 e. The minimum Gasteiger partial charge on any atom is -0.489 e. The molecule has 0 unspecified atom stereocenters. The summed E-state index contributed by atoms with van der Waals surface area (Å²) >= 11 is 6.06. The molecule has 0 aliphatic heterocycles. The fourth-order valence-corrected chi connectivity index (χ4v) is 3.20. The van der Waals surface area contributed by atoms with Crippen molar-refractivity contribution in [3.8, 4) is 5.75 Å². The lowest BCUT2D eigenvalue weighted by molar-refractivity contribution is -0.393. The van der Waals surface area contributed by atoms with Gasteiger partial charge < -0.3 is 29.6 Å². The van der Waals surface area contributed by atoms with Gasteiger partial charge in [0.1, 0.15) is 18.0 Å². The van der Waals surface area contributed by atoms with Gasteiger partial charge in [-0.15, -0.1) is 10.2 Å². The Balaban J connectivity index is 2.48. The Morgan fingerprint density at radius 3 is 2.29 bits per heavy atom. The first kappa shape index (κ1) is 30.3. The highest BCUT2D eigenvalue weighted by molar-refractivity contribution is 6.33. The molecule has 0 atom stereocenters. The summed E-state index contributed by atoms with van der Waals surface area (Å²) in [5, 5.41) is 35.9. The predicted octanol–water partition coefficient (Wildman–Crippen LogP) is 4.63. The molecule has 0 aliphatic rings. The number of methoxy groups -OCH3 is 2. The summed E-state index contributed by atoms with van der Waals surface area (Å²) in [7, 11) is 3.09. The van der Waals surface area contributed by atoms with Crippen LogP contribution in [0.5, 0.6) is 5.75 Å².